The molecule has 0 bridgehead atoms. The Morgan fingerprint density at radius 1 is 1.44 bits per heavy atom. The number of hydrogen-bond acceptors (Lipinski definition) is 2. The summed E-state index contributed by atoms with van der Waals surface area (Å²) in [5.74, 6) is -0.228. The van der Waals surface area contributed by atoms with Gasteiger partial charge in [0.05, 0.1) is 17.5 Å². The maximum absolute atomic E-state index is 11.9. The number of rotatable bonds is 2. The number of ether oxygens (including phenoxy) is 1. The minimum atomic E-state index is -0.228. The van der Waals surface area contributed by atoms with Gasteiger partial charge in [0.1, 0.15) is 0 Å². The number of esters is 1. The fourth-order valence-electron chi connectivity index (χ4n) is 2.80. The van der Waals surface area contributed by atoms with Crippen LogP contribution in [0, 0.1) is 0 Å². The van der Waals surface area contributed by atoms with Gasteiger partial charge in [0.2, 0.25) is 0 Å². The minimum absolute atomic E-state index is 0.228. The quantitative estimate of drug-likeness (QED) is 0.786. The molecule has 0 atom stereocenters. The van der Waals surface area contributed by atoms with Crippen LogP contribution in [0.4, 0.5) is 0 Å². The zero-order chi connectivity index (χ0) is 12.5. The van der Waals surface area contributed by atoms with Crippen LogP contribution in [0.2, 0.25) is 0 Å². The van der Waals surface area contributed by atoms with E-state index in [4.69, 9.17) is 4.74 Å². The fourth-order valence-corrected chi connectivity index (χ4v) is 2.80. The van der Waals surface area contributed by atoms with E-state index in [1.54, 1.807) is 0 Å². The number of aromatic amines is 1. The van der Waals surface area contributed by atoms with Crippen LogP contribution in [0.3, 0.4) is 0 Å². The molecule has 0 radical (unpaired) electrons. The van der Waals surface area contributed by atoms with E-state index in [0.29, 0.717) is 12.2 Å². The number of H-pyrrole nitrogens is 1. The molecule has 1 N–H and O–H groups in total. The van der Waals surface area contributed by atoms with Crippen LogP contribution in [0.1, 0.15) is 30.9 Å². The average Bonchev–Trinajstić information content (AvgIpc) is 2.77. The Morgan fingerprint density at radius 3 is 3.17 bits per heavy atom. The van der Waals surface area contributed by atoms with E-state index >= 15 is 0 Å². The van der Waals surface area contributed by atoms with Crippen LogP contribution in [-0.4, -0.2) is 17.6 Å². The summed E-state index contributed by atoms with van der Waals surface area (Å²) in [7, 11) is 0. The minimum Gasteiger partial charge on any atom is -0.462 e. The Bertz CT molecular complexity index is 634. The number of hydrogen-bond donors (Lipinski definition) is 1. The summed E-state index contributed by atoms with van der Waals surface area (Å²) in [6, 6.07) is 0. The first kappa shape index (κ1) is 11.3. The number of fused-ring (bicyclic) bond motifs is 3. The van der Waals surface area contributed by atoms with Gasteiger partial charge in [-0.1, -0.05) is 12.2 Å². The molecule has 2 aliphatic carbocycles. The summed E-state index contributed by atoms with van der Waals surface area (Å²) in [5.41, 5.74) is 3.34. The molecule has 94 valence electrons. The first-order valence-corrected chi connectivity index (χ1v) is 6.59. The third kappa shape index (κ3) is 1.70. The van der Waals surface area contributed by atoms with Gasteiger partial charge in [-0.2, -0.15) is 0 Å². The highest BCUT2D eigenvalue weighted by Gasteiger charge is 2.19. The van der Waals surface area contributed by atoms with Crippen molar-refractivity contribution in [1.29, 1.82) is 0 Å². The van der Waals surface area contributed by atoms with Crippen molar-refractivity contribution in [1.82, 2.24) is 4.98 Å². The molecule has 0 spiro atoms. The third-order valence-electron chi connectivity index (χ3n) is 3.60. The molecule has 0 unspecified atom stereocenters. The lowest BCUT2D eigenvalue weighted by Crippen LogP contribution is -2.22. The van der Waals surface area contributed by atoms with Crippen LogP contribution < -0.4 is 10.7 Å². The predicted molar refractivity (Wildman–Crippen MR) is 70.3 cm³/mol. The Labute approximate surface area is 106 Å². The van der Waals surface area contributed by atoms with E-state index in [-0.39, 0.29) is 5.97 Å². The second-order valence-electron chi connectivity index (χ2n) is 4.71. The molecule has 2 aliphatic rings. The molecule has 3 nitrogen and oxygen atoms in total. The summed E-state index contributed by atoms with van der Waals surface area (Å²) >= 11 is 0. The maximum Gasteiger partial charge on any atom is 0.340 e. The first-order valence-electron chi connectivity index (χ1n) is 6.59. The van der Waals surface area contributed by atoms with Gasteiger partial charge >= 0.3 is 5.97 Å². The number of carbonyl (C=O) groups is 1. The molecule has 0 saturated heterocycles. The smallest absolute Gasteiger partial charge is 0.340 e. The number of nitrogens with one attached hydrogen (secondary N) is 1. The maximum atomic E-state index is 11.9. The standard InChI is InChI=1S/C15H17NO2/c1-2-18-15(17)12-8-5-7-11-10-6-3-4-9-13(10)16-14(11)12/h5,8-9,16H,2-4,6-7H2,1H3. The molecule has 1 aromatic heterocycles. The van der Waals surface area contributed by atoms with Crippen molar-refractivity contribution >= 4 is 17.6 Å². The fraction of sp³-hybridized carbons (Fsp3) is 0.400. The van der Waals surface area contributed by atoms with Crippen LogP contribution >= 0.6 is 0 Å². The molecule has 0 fully saturated rings. The van der Waals surface area contributed by atoms with Crippen molar-refractivity contribution in [3.63, 3.8) is 0 Å². The van der Waals surface area contributed by atoms with E-state index in [9.17, 15) is 4.79 Å². The first-order chi connectivity index (χ1) is 8.81. The molecule has 3 heteroatoms. The van der Waals surface area contributed by atoms with Crippen LogP contribution in [-0.2, 0) is 22.4 Å². The van der Waals surface area contributed by atoms with Crippen molar-refractivity contribution in [3.8, 4) is 0 Å². The van der Waals surface area contributed by atoms with Gasteiger partial charge in [-0.05, 0) is 49.8 Å². The molecule has 1 heterocycles. The summed E-state index contributed by atoms with van der Waals surface area (Å²) < 4.78 is 5.11. The average molecular weight is 243 g/mol. The molecule has 1 aromatic rings. The highest BCUT2D eigenvalue weighted by Crippen LogP contribution is 2.15. The lowest BCUT2D eigenvalue weighted by Gasteiger charge is -2.09. The number of carbonyl (C=O) groups excluding carboxylic acids is 1. The van der Waals surface area contributed by atoms with Crippen molar-refractivity contribution in [3.05, 3.63) is 34.0 Å². The Balaban J connectivity index is 2.21. The monoisotopic (exact) mass is 243 g/mol. The van der Waals surface area contributed by atoms with E-state index in [0.717, 1.165) is 24.6 Å². The van der Waals surface area contributed by atoms with Crippen LogP contribution in [0.15, 0.2) is 12.2 Å². The topological polar surface area (TPSA) is 42.1 Å². The van der Waals surface area contributed by atoms with Crippen LogP contribution in [0.5, 0.6) is 0 Å². The summed E-state index contributed by atoms with van der Waals surface area (Å²) in [6.07, 6.45) is 10.5. The van der Waals surface area contributed by atoms with E-state index in [1.165, 1.54) is 22.9 Å². The van der Waals surface area contributed by atoms with Gasteiger partial charge < -0.3 is 9.72 Å². The molecule has 0 amide bonds. The van der Waals surface area contributed by atoms with Crippen molar-refractivity contribution in [2.24, 2.45) is 0 Å². The molecular formula is C15H17NO2. The van der Waals surface area contributed by atoms with Crippen molar-refractivity contribution in [2.75, 3.05) is 6.61 Å². The zero-order valence-electron chi connectivity index (χ0n) is 10.6. The molecule has 3 rings (SSSR count). The van der Waals surface area contributed by atoms with E-state index in [1.807, 2.05) is 13.0 Å². The van der Waals surface area contributed by atoms with Gasteiger partial charge in [0, 0.05) is 5.35 Å². The normalized spacial score (nSPS) is 16.8. The third-order valence-corrected chi connectivity index (χ3v) is 3.60. The number of aromatic nitrogens is 1. The lowest BCUT2D eigenvalue weighted by atomic mass is 9.95. The Kier molecular flexibility index (Phi) is 2.82. The van der Waals surface area contributed by atoms with Gasteiger partial charge in [0.15, 0.2) is 0 Å². The van der Waals surface area contributed by atoms with E-state index < -0.39 is 0 Å². The van der Waals surface area contributed by atoms with Gasteiger partial charge in [-0.25, -0.2) is 4.79 Å². The summed E-state index contributed by atoms with van der Waals surface area (Å²) in [4.78, 5) is 15.3. The largest absolute Gasteiger partial charge is 0.462 e. The summed E-state index contributed by atoms with van der Waals surface area (Å²) in [5, 5.41) is 2.18. The Hall–Kier alpha value is -1.77. The zero-order valence-corrected chi connectivity index (χ0v) is 10.6. The van der Waals surface area contributed by atoms with Crippen molar-refractivity contribution in [2.45, 2.75) is 32.6 Å². The highest BCUT2D eigenvalue weighted by atomic mass is 16.5. The molecular weight excluding hydrogens is 226 g/mol. The second-order valence-corrected chi connectivity index (χ2v) is 4.71. The number of allylic oxidation sites excluding steroid dienone is 1. The summed E-state index contributed by atoms with van der Waals surface area (Å²) in [6.45, 7) is 2.25. The van der Waals surface area contributed by atoms with Gasteiger partial charge in [-0.15, -0.1) is 0 Å². The van der Waals surface area contributed by atoms with Gasteiger partial charge in [-0.3, -0.25) is 0 Å². The predicted octanol–water partition coefficient (Wildman–Crippen LogP) is 0.958. The van der Waals surface area contributed by atoms with E-state index in [2.05, 4.69) is 17.1 Å². The second kappa shape index (κ2) is 4.48. The Morgan fingerprint density at radius 2 is 2.33 bits per heavy atom. The molecule has 0 aliphatic heterocycles. The van der Waals surface area contributed by atoms with Gasteiger partial charge in [0.25, 0.3) is 0 Å². The molecule has 0 saturated carbocycles. The SMILES string of the molecule is CCOC(=O)C1=c2[nH]c3c(c2CC=C1)CCCC=3. The highest BCUT2D eigenvalue weighted by molar-refractivity contribution is 6.14. The molecule has 0 aromatic carbocycles. The lowest BCUT2D eigenvalue weighted by molar-refractivity contribution is -0.136. The van der Waals surface area contributed by atoms with Crippen LogP contribution in [0.25, 0.3) is 11.6 Å². The molecule has 18 heavy (non-hydrogen) atoms. The van der Waals surface area contributed by atoms with Crippen molar-refractivity contribution < 1.29 is 9.53 Å².